The van der Waals surface area contributed by atoms with Crippen LogP contribution in [-0.4, -0.2) is 53.1 Å². The van der Waals surface area contributed by atoms with E-state index in [1.807, 2.05) is 49.5 Å². The minimum atomic E-state index is -0.655. The van der Waals surface area contributed by atoms with Crippen molar-refractivity contribution in [2.24, 2.45) is 0 Å². The van der Waals surface area contributed by atoms with Gasteiger partial charge in [-0.1, -0.05) is 53.6 Å². The van der Waals surface area contributed by atoms with Crippen LogP contribution >= 0.6 is 11.6 Å². The minimum Gasteiger partial charge on any atom is -0.383 e. The average molecular weight is 521 g/mol. The number of anilines is 1. The zero-order chi connectivity index (χ0) is 26.4. The van der Waals surface area contributed by atoms with Crippen molar-refractivity contribution in [1.82, 2.24) is 14.5 Å². The maximum atomic E-state index is 14.3. The molecule has 0 spiro atoms. The van der Waals surface area contributed by atoms with Gasteiger partial charge in [0.25, 0.3) is 5.91 Å². The number of aromatic nitrogens is 2. The highest BCUT2D eigenvalue weighted by molar-refractivity contribution is 6.30. The molecule has 37 heavy (non-hydrogen) atoms. The van der Waals surface area contributed by atoms with Crippen LogP contribution < -0.4 is 5.32 Å². The van der Waals surface area contributed by atoms with E-state index in [1.165, 1.54) is 30.2 Å². The van der Waals surface area contributed by atoms with E-state index in [0.717, 1.165) is 16.8 Å². The largest absolute Gasteiger partial charge is 0.383 e. The summed E-state index contributed by atoms with van der Waals surface area (Å²) in [6.07, 6.45) is 1.82. The molecule has 7 nitrogen and oxygen atoms in total. The highest BCUT2D eigenvalue weighted by Crippen LogP contribution is 2.26. The highest BCUT2D eigenvalue weighted by Gasteiger charge is 2.22. The molecule has 0 aliphatic carbocycles. The minimum absolute atomic E-state index is 0.111. The van der Waals surface area contributed by atoms with Gasteiger partial charge in [0.15, 0.2) is 0 Å². The fourth-order valence-electron chi connectivity index (χ4n) is 3.73. The van der Waals surface area contributed by atoms with Gasteiger partial charge in [0, 0.05) is 36.1 Å². The van der Waals surface area contributed by atoms with Crippen LogP contribution in [0.5, 0.6) is 0 Å². The molecule has 0 radical (unpaired) electrons. The highest BCUT2D eigenvalue weighted by atomic mass is 35.5. The second-order valence-corrected chi connectivity index (χ2v) is 8.85. The Kier molecular flexibility index (Phi) is 8.32. The molecule has 1 N–H and O–H groups in total. The van der Waals surface area contributed by atoms with Crippen LogP contribution in [-0.2, 0) is 9.53 Å². The van der Waals surface area contributed by atoms with E-state index in [2.05, 4.69) is 10.3 Å². The predicted octanol–water partition coefficient (Wildman–Crippen LogP) is 5.37. The van der Waals surface area contributed by atoms with Crippen LogP contribution in [0.4, 0.5) is 10.3 Å². The molecular formula is C28H26ClFN4O3. The zero-order valence-corrected chi connectivity index (χ0v) is 21.2. The van der Waals surface area contributed by atoms with Gasteiger partial charge in [-0.2, -0.15) is 0 Å². The SMILES string of the molecule is COCCN(CC(=O)Nc1nc(-c2ccc(Cl)cc2)cn1-c1ccc(C)cc1)C(=O)c1ccccc1F. The molecule has 190 valence electrons. The fourth-order valence-corrected chi connectivity index (χ4v) is 3.85. The second-order valence-electron chi connectivity index (χ2n) is 8.41. The first-order valence-corrected chi connectivity index (χ1v) is 12.0. The van der Waals surface area contributed by atoms with Gasteiger partial charge in [0.2, 0.25) is 11.9 Å². The van der Waals surface area contributed by atoms with E-state index in [0.29, 0.717) is 10.7 Å². The molecule has 1 heterocycles. The summed E-state index contributed by atoms with van der Waals surface area (Å²) in [5.74, 6) is -1.46. The standard InChI is InChI=1S/C28H26ClFN4O3/c1-19-7-13-22(14-8-19)34-17-25(20-9-11-21(29)12-10-20)31-28(34)32-26(35)18-33(15-16-37-2)27(36)23-5-3-4-6-24(23)30/h3-14,17H,15-16,18H2,1-2H3,(H,31,32,35). The smallest absolute Gasteiger partial charge is 0.257 e. The first kappa shape index (κ1) is 26.1. The van der Waals surface area contributed by atoms with Crippen LogP contribution in [0.1, 0.15) is 15.9 Å². The molecule has 0 unspecified atom stereocenters. The van der Waals surface area contributed by atoms with Gasteiger partial charge in [0.05, 0.1) is 17.9 Å². The number of benzene rings is 3. The van der Waals surface area contributed by atoms with E-state index < -0.39 is 17.6 Å². The normalized spacial score (nSPS) is 10.8. The van der Waals surface area contributed by atoms with E-state index in [-0.39, 0.29) is 31.2 Å². The van der Waals surface area contributed by atoms with Gasteiger partial charge in [0.1, 0.15) is 12.4 Å². The van der Waals surface area contributed by atoms with Crippen molar-refractivity contribution in [3.63, 3.8) is 0 Å². The van der Waals surface area contributed by atoms with E-state index in [1.54, 1.807) is 22.8 Å². The summed E-state index contributed by atoms with van der Waals surface area (Å²) >= 11 is 6.03. The lowest BCUT2D eigenvalue weighted by Crippen LogP contribution is -2.40. The number of nitrogens with zero attached hydrogens (tertiary/aromatic N) is 3. The van der Waals surface area contributed by atoms with Crippen LogP contribution in [0.25, 0.3) is 16.9 Å². The molecule has 0 aliphatic heterocycles. The van der Waals surface area contributed by atoms with Crippen molar-refractivity contribution in [3.8, 4) is 16.9 Å². The van der Waals surface area contributed by atoms with Crippen molar-refractivity contribution >= 4 is 29.4 Å². The number of aryl methyl sites for hydroxylation is 1. The number of imidazole rings is 1. The van der Waals surface area contributed by atoms with Crippen LogP contribution in [0.3, 0.4) is 0 Å². The summed E-state index contributed by atoms with van der Waals surface area (Å²) in [5.41, 5.74) is 3.23. The lowest BCUT2D eigenvalue weighted by Gasteiger charge is -2.22. The Morgan fingerprint density at radius 3 is 2.43 bits per heavy atom. The number of halogens is 2. The van der Waals surface area contributed by atoms with Gasteiger partial charge in [-0.25, -0.2) is 9.37 Å². The van der Waals surface area contributed by atoms with Crippen molar-refractivity contribution in [2.45, 2.75) is 6.92 Å². The molecule has 0 fully saturated rings. The Morgan fingerprint density at radius 1 is 1.05 bits per heavy atom. The number of ether oxygens (including phenoxy) is 1. The van der Waals surface area contributed by atoms with Gasteiger partial charge in [-0.05, 0) is 43.3 Å². The second kappa shape index (κ2) is 11.8. The molecular weight excluding hydrogens is 495 g/mol. The summed E-state index contributed by atoms with van der Waals surface area (Å²) in [6.45, 7) is 1.97. The third kappa shape index (κ3) is 6.41. The van der Waals surface area contributed by atoms with Crippen molar-refractivity contribution in [3.05, 3.63) is 101 Å². The monoisotopic (exact) mass is 520 g/mol. The van der Waals surface area contributed by atoms with Crippen molar-refractivity contribution < 1.29 is 18.7 Å². The summed E-state index contributed by atoms with van der Waals surface area (Å²) in [5, 5.41) is 3.41. The number of carbonyl (C=O) groups excluding carboxylic acids is 2. The number of hydrogen-bond donors (Lipinski definition) is 1. The topological polar surface area (TPSA) is 76.5 Å². The molecule has 4 aromatic rings. The molecule has 0 saturated carbocycles. The Morgan fingerprint density at radius 2 is 1.76 bits per heavy atom. The summed E-state index contributed by atoms with van der Waals surface area (Å²) in [6, 6.07) is 20.6. The Bertz CT molecular complexity index is 1390. The van der Waals surface area contributed by atoms with Crippen LogP contribution in [0.2, 0.25) is 5.02 Å². The van der Waals surface area contributed by atoms with Gasteiger partial charge in [-0.3, -0.25) is 19.5 Å². The van der Waals surface area contributed by atoms with E-state index in [9.17, 15) is 14.0 Å². The molecule has 0 saturated heterocycles. The summed E-state index contributed by atoms with van der Waals surface area (Å²) < 4.78 is 21.1. The van der Waals surface area contributed by atoms with Gasteiger partial charge < -0.3 is 9.64 Å². The van der Waals surface area contributed by atoms with Crippen LogP contribution in [0.15, 0.2) is 79.0 Å². The maximum absolute atomic E-state index is 14.3. The summed E-state index contributed by atoms with van der Waals surface area (Å²) in [4.78, 5) is 32.0. The summed E-state index contributed by atoms with van der Waals surface area (Å²) in [7, 11) is 1.49. The number of amides is 2. The zero-order valence-electron chi connectivity index (χ0n) is 20.4. The van der Waals surface area contributed by atoms with Crippen LogP contribution in [0, 0.1) is 12.7 Å². The number of nitrogens with one attached hydrogen (secondary N) is 1. The molecule has 0 aliphatic rings. The van der Waals surface area contributed by atoms with Gasteiger partial charge >= 0.3 is 0 Å². The maximum Gasteiger partial charge on any atom is 0.257 e. The fraction of sp³-hybridized carbons (Fsp3) is 0.179. The first-order valence-electron chi connectivity index (χ1n) is 11.6. The van der Waals surface area contributed by atoms with Gasteiger partial charge in [-0.15, -0.1) is 0 Å². The predicted molar refractivity (Wildman–Crippen MR) is 142 cm³/mol. The number of carbonyl (C=O) groups is 2. The van der Waals surface area contributed by atoms with E-state index in [4.69, 9.17) is 16.3 Å². The Labute approximate surface area is 219 Å². The van der Waals surface area contributed by atoms with Crippen molar-refractivity contribution in [1.29, 1.82) is 0 Å². The molecule has 4 rings (SSSR count). The molecule has 3 aromatic carbocycles. The molecule has 0 bridgehead atoms. The third-order valence-corrected chi connectivity index (χ3v) is 5.95. The lowest BCUT2D eigenvalue weighted by atomic mass is 10.2. The molecule has 0 atom stereocenters. The number of rotatable bonds is 9. The van der Waals surface area contributed by atoms with E-state index >= 15 is 0 Å². The third-order valence-electron chi connectivity index (χ3n) is 5.70. The van der Waals surface area contributed by atoms with Crippen molar-refractivity contribution in [2.75, 3.05) is 32.1 Å². The number of hydrogen-bond acceptors (Lipinski definition) is 4. The molecule has 1 aromatic heterocycles. The first-order chi connectivity index (χ1) is 17.9. The lowest BCUT2D eigenvalue weighted by molar-refractivity contribution is -0.117. The molecule has 9 heteroatoms. The molecule has 2 amide bonds. The number of methoxy groups -OCH3 is 1. The average Bonchev–Trinajstić information content (AvgIpc) is 3.30. The Balaban J connectivity index is 1.61. The Hall–Kier alpha value is -4.01. The quantitative estimate of drug-likeness (QED) is 0.322.